The molecule has 0 aliphatic carbocycles. The highest BCUT2D eigenvalue weighted by Gasteiger charge is 2.08. The first-order valence-electron chi connectivity index (χ1n) is 7.32. The van der Waals surface area contributed by atoms with Crippen LogP contribution in [0.1, 0.15) is 24.0 Å². The summed E-state index contributed by atoms with van der Waals surface area (Å²) >= 11 is 5.87. The second kappa shape index (κ2) is 8.79. The Balaban J connectivity index is 1.75. The van der Waals surface area contributed by atoms with Gasteiger partial charge in [-0.3, -0.25) is 14.6 Å². The fourth-order valence-corrected chi connectivity index (χ4v) is 2.12. The first-order valence-corrected chi connectivity index (χ1v) is 7.70. The lowest BCUT2D eigenvalue weighted by molar-refractivity contribution is -0.124. The molecule has 124 valence electrons. The van der Waals surface area contributed by atoms with Crippen molar-refractivity contribution in [3.8, 4) is 0 Å². The monoisotopic (exact) mass is 344 g/mol. The molecule has 0 atom stereocenters. The summed E-state index contributed by atoms with van der Waals surface area (Å²) < 4.78 is 0. The molecule has 0 aliphatic rings. The summed E-state index contributed by atoms with van der Waals surface area (Å²) in [7, 11) is 0. The lowest BCUT2D eigenvalue weighted by Gasteiger charge is -2.08. The first kappa shape index (κ1) is 17.6. The van der Waals surface area contributed by atoms with Gasteiger partial charge >= 0.3 is 0 Å². The van der Waals surface area contributed by atoms with Crippen molar-refractivity contribution in [2.75, 3.05) is 5.32 Å². The second-order valence-electron chi connectivity index (χ2n) is 5.08. The maximum absolute atomic E-state index is 11.9. The van der Waals surface area contributed by atoms with Crippen LogP contribution in [0.4, 0.5) is 5.69 Å². The molecule has 1 aromatic carbocycles. The van der Waals surface area contributed by atoms with Crippen LogP contribution in [0, 0.1) is 6.92 Å². The molecule has 0 aliphatic heterocycles. The Morgan fingerprint density at radius 1 is 1.17 bits per heavy atom. The molecule has 6 nitrogen and oxygen atoms in total. The highest BCUT2D eigenvalue weighted by atomic mass is 35.5. The van der Waals surface area contributed by atoms with Crippen molar-refractivity contribution >= 4 is 35.3 Å². The molecule has 2 amide bonds. The van der Waals surface area contributed by atoms with Gasteiger partial charge in [0.05, 0.1) is 6.21 Å². The molecular weight excluding hydrogens is 328 g/mol. The van der Waals surface area contributed by atoms with Crippen molar-refractivity contribution in [1.29, 1.82) is 0 Å². The Hall–Kier alpha value is -2.73. The fourth-order valence-electron chi connectivity index (χ4n) is 1.89. The van der Waals surface area contributed by atoms with Crippen molar-refractivity contribution in [3.63, 3.8) is 0 Å². The van der Waals surface area contributed by atoms with Crippen molar-refractivity contribution < 1.29 is 9.59 Å². The summed E-state index contributed by atoms with van der Waals surface area (Å²) in [6, 6.07) is 8.71. The molecule has 0 unspecified atom stereocenters. The Kier molecular flexibility index (Phi) is 6.45. The van der Waals surface area contributed by atoms with Crippen LogP contribution in [0.15, 0.2) is 47.8 Å². The number of hydrogen-bond donors (Lipinski definition) is 2. The summed E-state index contributed by atoms with van der Waals surface area (Å²) in [5, 5.41) is 7.19. The van der Waals surface area contributed by atoms with Gasteiger partial charge < -0.3 is 5.32 Å². The molecular formula is C17H17ClN4O2. The summed E-state index contributed by atoms with van der Waals surface area (Å²) in [5.41, 5.74) is 4.75. The van der Waals surface area contributed by atoms with Gasteiger partial charge in [-0.15, -0.1) is 0 Å². The standard InChI is InChI=1S/C17H17ClN4O2/c1-12-10-14(18)2-3-15(12)21-16(23)4-5-17(24)22-20-11-13-6-8-19-9-7-13/h2-3,6-11H,4-5H2,1H3,(H,21,23)(H,22,24). The SMILES string of the molecule is Cc1cc(Cl)ccc1NC(=O)CCC(=O)NN=Cc1ccncc1. The quantitative estimate of drug-likeness (QED) is 0.624. The number of carbonyl (C=O) groups excluding carboxylic acids is 2. The van der Waals surface area contributed by atoms with Crippen LogP contribution in [0.25, 0.3) is 0 Å². The van der Waals surface area contributed by atoms with E-state index < -0.39 is 0 Å². The van der Waals surface area contributed by atoms with Crippen LogP contribution in [-0.4, -0.2) is 23.0 Å². The number of anilines is 1. The van der Waals surface area contributed by atoms with E-state index in [0.29, 0.717) is 10.7 Å². The number of amides is 2. The molecule has 0 saturated heterocycles. The minimum Gasteiger partial charge on any atom is -0.326 e. The van der Waals surface area contributed by atoms with E-state index in [1.54, 1.807) is 42.7 Å². The van der Waals surface area contributed by atoms with E-state index in [1.807, 2.05) is 6.92 Å². The van der Waals surface area contributed by atoms with Crippen molar-refractivity contribution in [3.05, 3.63) is 58.9 Å². The van der Waals surface area contributed by atoms with Crippen LogP contribution in [-0.2, 0) is 9.59 Å². The highest BCUT2D eigenvalue weighted by Crippen LogP contribution is 2.19. The van der Waals surface area contributed by atoms with Crippen LogP contribution in [0.3, 0.4) is 0 Å². The van der Waals surface area contributed by atoms with Crippen LogP contribution in [0.2, 0.25) is 5.02 Å². The van der Waals surface area contributed by atoms with Crippen LogP contribution >= 0.6 is 11.6 Å². The number of aromatic nitrogens is 1. The van der Waals surface area contributed by atoms with Gasteiger partial charge in [-0.25, -0.2) is 5.43 Å². The smallest absolute Gasteiger partial charge is 0.240 e. The van der Waals surface area contributed by atoms with Crippen LogP contribution < -0.4 is 10.7 Å². The number of hydrogen-bond acceptors (Lipinski definition) is 4. The lowest BCUT2D eigenvalue weighted by Crippen LogP contribution is -2.20. The number of hydrazone groups is 1. The second-order valence-corrected chi connectivity index (χ2v) is 5.52. The Morgan fingerprint density at radius 3 is 2.58 bits per heavy atom. The predicted octanol–water partition coefficient (Wildman–Crippen LogP) is 2.91. The maximum Gasteiger partial charge on any atom is 0.240 e. The number of benzene rings is 1. The maximum atomic E-state index is 11.9. The topological polar surface area (TPSA) is 83.5 Å². The summed E-state index contributed by atoms with van der Waals surface area (Å²) in [6.07, 6.45) is 4.89. The number of halogens is 1. The third-order valence-electron chi connectivity index (χ3n) is 3.15. The van der Waals surface area contributed by atoms with E-state index in [0.717, 1.165) is 11.1 Å². The van der Waals surface area contributed by atoms with Gasteiger partial charge in [-0.2, -0.15) is 5.10 Å². The summed E-state index contributed by atoms with van der Waals surface area (Å²) in [5.74, 6) is -0.572. The van der Waals surface area contributed by atoms with E-state index in [-0.39, 0.29) is 24.7 Å². The number of aryl methyl sites for hydroxylation is 1. The van der Waals surface area contributed by atoms with Gasteiger partial charge in [0.15, 0.2) is 0 Å². The van der Waals surface area contributed by atoms with E-state index in [2.05, 4.69) is 20.8 Å². The van der Waals surface area contributed by atoms with E-state index in [4.69, 9.17) is 11.6 Å². The number of rotatable bonds is 6. The largest absolute Gasteiger partial charge is 0.326 e. The van der Waals surface area contributed by atoms with E-state index >= 15 is 0 Å². The predicted molar refractivity (Wildman–Crippen MR) is 94.0 cm³/mol. The molecule has 0 fully saturated rings. The van der Waals surface area contributed by atoms with E-state index in [9.17, 15) is 9.59 Å². The van der Waals surface area contributed by atoms with E-state index in [1.165, 1.54) is 6.21 Å². The molecule has 2 N–H and O–H groups in total. The Labute approximate surface area is 144 Å². The van der Waals surface area contributed by atoms with Gasteiger partial charge in [-0.1, -0.05) is 11.6 Å². The number of nitrogens with zero attached hydrogens (tertiary/aromatic N) is 2. The third kappa shape index (κ3) is 5.81. The molecule has 1 aromatic heterocycles. The third-order valence-corrected chi connectivity index (χ3v) is 3.39. The molecule has 0 radical (unpaired) electrons. The molecule has 7 heteroatoms. The molecule has 2 rings (SSSR count). The van der Waals surface area contributed by atoms with Gasteiger partial charge in [0.2, 0.25) is 11.8 Å². The molecule has 2 aromatic rings. The Bertz CT molecular complexity index is 748. The summed E-state index contributed by atoms with van der Waals surface area (Å²) in [4.78, 5) is 27.4. The van der Waals surface area contributed by atoms with Crippen molar-refractivity contribution in [2.45, 2.75) is 19.8 Å². The number of nitrogens with one attached hydrogen (secondary N) is 2. The van der Waals surface area contributed by atoms with Gasteiger partial charge in [0.25, 0.3) is 0 Å². The highest BCUT2D eigenvalue weighted by molar-refractivity contribution is 6.30. The molecule has 24 heavy (non-hydrogen) atoms. The lowest BCUT2D eigenvalue weighted by atomic mass is 10.2. The average Bonchev–Trinajstić information content (AvgIpc) is 2.56. The van der Waals surface area contributed by atoms with Gasteiger partial charge in [0.1, 0.15) is 0 Å². The minimum absolute atomic E-state index is 0.0478. The van der Waals surface area contributed by atoms with Crippen LogP contribution in [0.5, 0.6) is 0 Å². The number of carbonyl (C=O) groups is 2. The first-order chi connectivity index (χ1) is 11.5. The van der Waals surface area contributed by atoms with Gasteiger partial charge in [0, 0.05) is 35.9 Å². The zero-order valence-corrected chi connectivity index (χ0v) is 13.9. The molecule has 1 heterocycles. The minimum atomic E-state index is -0.330. The molecule has 0 bridgehead atoms. The summed E-state index contributed by atoms with van der Waals surface area (Å²) in [6.45, 7) is 1.85. The Morgan fingerprint density at radius 2 is 1.88 bits per heavy atom. The normalized spacial score (nSPS) is 10.6. The average molecular weight is 345 g/mol. The van der Waals surface area contributed by atoms with Crippen molar-refractivity contribution in [1.82, 2.24) is 10.4 Å². The fraction of sp³-hybridized carbons (Fsp3) is 0.176. The van der Waals surface area contributed by atoms with Gasteiger partial charge in [-0.05, 0) is 48.4 Å². The zero-order valence-electron chi connectivity index (χ0n) is 13.1. The molecule has 0 saturated carbocycles. The number of pyridine rings is 1. The zero-order chi connectivity index (χ0) is 17.4. The molecule has 0 spiro atoms. The van der Waals surface area contributed by atoms with Crippen molar-refractivity contribution in [2.24, 2.45) is 5.10 Å².